The van der Waals surface area contributed by atoms with Gasteiger partial charge >= 0.3 is 11.9 Å². The molecule has 0 amide bonds. The third-order valence-electron chi connectivity index (χ3n) is 3.26. The van der Waals surface area contributed by atoms with Gasteiger partial charge in [0.2, 0.25) is 0 Å². The molecule has 0 saturated heterocycles. The molecule has 124 valence electrons. The molecule has 0 spiro atoms. The Labute approximate surface area is 145 Å². The number of hydrogen-bond acceptors (Lipinski definition) is 5. The molecule has 0 fully saturated rings. The molecule has 0 N–H and O–H groups in total. The summed E-state index contributed by atoms with van der Waals surface area (Å²) in [6.07, 6.45) is 5.10. The molecule has 5 heteroatoms. The van der Waals surface area contributed by atoms with Crippen LogP contribution >= 0.6 is 11.8 Å². The highest BCUT2D eigenvalue weighted by Crippen LogP contribution is 2.15. The lowest BCUT2D eigenvalue weighted by Crippen LogP contribution is -2.04. The van der Waals surface area contributed by atoms with Gasteiger partial charge in [-0.1, -0.05) is 24.3 Å². The summed E-state index contributed by atoms with van der Waals surface area (Å²) in [7, 11) is 1.32. The molecule has 0 aliphatic rings. The van der Waals surface area contributed by atoms with Gasteiger partial charge in [0.1, 0.15) is 6.61 Å². The Hall–Kier alpha value is -2.53. The van der Waals surface area contributed by atoms with Crippen LogP contribution in [0.4, 0.5) is 0 Å². The Balaban J connectivity index is 1.90. The van der Waals surface area contributed by atoms with Crippen molar-refractivity contribution in [1.29, 1.82) is 0 Å². The minimum Gasteiger partial charge on any atom is -0.465 e. The standard InChI is InChI=1S/C19H18O4S/c1-22-19(21)16-5-3-4-15(12-16)13-23-18(20)11-8-14-6-9-17(24-2)10-7-14/h3-12H,13H2,1-2H3/b11-8+. The first-order valence-electron chi connectivity index (χ1n) is 7.28. The van der Waals surface area contributed by atoms with Crippen LogP contribution in [0.1, 0.15) is 21.5 Å². The van der Waals surface area contributed by atoms with Crippen LogP contribution in [-0.4, -0.2) is 25.3 Å². The molecule has 0 aliphatic carbocycles. The summed E-state index contributed by atoms with van der Waals surface area (Å²) in [4.78, 5) is 24.4. The molecule has 0 unspecified atom stereocenters. The average Bonchev–Trinajstić information content (AvgIpc) is 2.64. The molecule has 0 bridgehead atoms. The number of hydrogen-bond donors (Lipinski definition) is 0. The van der Waals surface area contributed by atoms with Crippen LogP contribution in [0.15, 0.2) is 59.5 Å². The van der Waals surface area contributed by atoms with E-state index in [1.165, 1.54) is 18.1 Å². The molecule has 0 atom stereocenters. The molecule has 2 rings (SSSR count). The molecule has 2 aromatic carbocycles. The van der Waals surface area contributed by atoms with Crippen LogP contribution in [0, 0.1) is 0 Å². The number of esters is 2. The first kappa shape index (κ1) is 17.8. The van der Waals surface area contributed by atoms with Gasteiger partial charge < -0.3 is 9.47 Å². The molecule has 2 aromatic rings. The van der Waals surface area contributed by atoms with Crippen molar-refractivity contribution in [3.63, 3.8) is 0 Å². The van der Waals surface area contributed by atoms with E-state index in [2.05, 4.69) is 4.74 Å². The van der Waals surface area contributed by atoms with Gasteiger partial charge in [-0.15, -0.1) is 11.8 Å². The highest BCUT2D eigenvalue weighted by Gasteiger charge is 2.06. The van der Waals surface area contributed by atoms with Crippen molar-refractivity contribution in [3.05, 3.63) is 71.3 Å². The van der Waals surface area contributed by atoms with E-state index in [-0.39, 0.29) is 6.61 Å². The highest BCUT2D eigenvalue weighted by atomic mass is 32.2. The summed E-state index contributed by atoms with van der Waals surface area (Å²) in [5.74, 6) is -0.857. The Morgan fingerprint density at radius 2 is 1.88 bits per heavy atom. The quantitative estimate of drug-likeness (QED) is 0.452. The van der Waals surface area contributed by atoms with Gasteiger partial charge in [0.25, 0.3) is 0 Å². The molecule has 0 heterocycles. The van der Waals surface area contributed by atoms with Crippen LogP contribution in [0.3, 0.4) is 0 Å². The summed E-state index contributed by atoms with van der Waals surface area (Å²) >= 11 is 1.66. The van der Waals surface area contributed by atoms with E-state index < -0.39 is 11.9 Å². The lowest BCUT2D eigenvalue weighted by molar-refractivity contribution is -0.138. The van der Waals surface area contributed by atoms with E-state index in [0.717, 1.165) is 11.1 Å². The lowest BCUT2D eigenvalue weighted by Gasteiger charge is -2.04. The normalized spacial score (nSPS) is 10.6. The summed E-state index contributed by atoms with van der Waals surface area (Å²) in [6, 6.07) is 14.7. The predicted octanol–water partition coefficient (Wildman–Crippen LogP) is 3.95. The number of benzene rings is 2. The van der Waals surface area contributed by atoms with Crippen molar-refractivity contribution in [3.8, 4) is 0 Å². The third kappa shape index (κ3) is 5.28. The second-order valence-electron chi connectivity index (χ2n) is 4.91. The maximum atomic E-state index is 11.8. The van der Waals surface area contributed by atoms with Crippen molar-refractivity contribution < 1.29 is 19.1 Å². The van der Waals surface area contributed by atoms with Gasteiger partial charge in [-0.25, -0.2) is 9.59 Å². The monoisotopic (exact) mass is 342 g/mol. The summed E-state index contributed by atoms with van der Waals surface area (Å²) in [6.45, 7) is 0.0966. The number of methoxy groups -OCH3 is 1. The van der Waals surface area contributed by atoms with Gasteiger partial charge in [-0.05, 0) is 47.7 Å². The van der Waals surface area contributed by atoms with Crippen LogP contribution < -0.4 is 0 Å². The molecular formula is C19H18O4S. The zero-order chi connectivity index (χ0) is 17.4. The maximum Gasteiger partial charge on any atom is 0.337 e. The number of thioether (sulfide) groups is 1. The van der Waals surface area contributed by atoms with Crippen molar-refractivity contribution in [1.82, 2.24) is 0 Å². The van der Waals surface area contributed by atoms with Gasteiger partial charge in [0.05, 0.1) is 12.7 Å². The van der Waals surface area contributed by atoms with Gasteiger partial charge in [0, 0.05) is 11.0 Å². The number of carbonyl (C=O) groups excluding carboxylic acids is 2. The van der Waals surface area contributed by atoms with Crippen LogP contribution in [0.5, 0.6) is 0 Å². The van der Waals surface area contributed by atoms with E-state index in [1.807, 2.05) is 30.5 Å². The number of ether oxygens (including phenoxy) is 2. The molecule has 4 nitrogen and oxygen atoms in total. The Bertz CT molecular complexity index is 735. The fourth-order valence-electron chi connectivity index (χ4n) is 1.99. The van der Waals surface area contributed by atoms with Crippen molar-refractivity contribution in [2.24, 2.45) is 0 Å². The minimum atomic E-state index is -0.438. The zero-order valence-corrected chi connectivity index (χ0v) is 14.3. The fraction of sp³-hybridized carbons (Fsp3) is 0.158. The van der Waals surface area contributed by atoms with E-state index in [1.54, 1.807) is 42.1 Å². The number of rotatable bonds is 6. The van der Waals surface area contributed by atoms with E-state index in [0.29, 0.717) is 5.56 Å². The molecular weight excluding hydrogens is 324 g/mol. The molecule has 0 radical (unpaired) electrons. The second kappa shape index (κ2) is 8.93. The molecule has 24 heavy (non-hydrogen) atoms. The van der Waals surface area contributed by atoms with Gasteiger partial charge in [0.15, 0.2) is 0 Å². The molecule has 0 aliphatic heterocycles. The Kier molecular flexibility index (Phi) is 6.63. The molecule has 0 aromatic heterocycles. The predicted molar refractivity (Wildman–Crippen MR) is 94.8 cm³/mol. The van der Waals surface area contributed by atoms with E-state index in [9.17, 15) is 9.59 Å². The first-order chi connectivity index (χ1) is 11.6. The SMILES string of the molecule is COC(=O)c1cccc(COC(=O)/C=C/c2ccc(SC)cc2)c1. The van der Waals surface area contributed by atoms with Crippen molar-refractivity contribution in [2.45, 2.75) is 11.5 Å². The van der Waals surface area contributed by atoms with Crippen LogP contribution in [0.2, 0.25) is 0 Å². The lowest BCUT2D eigenvalue weighted by atomic mass is 10.1. The average molecular weight is 342 g/mol. The van der Waals surface area contributed by atoms with Crippen molar-refractivity contribution >= 4 is 29.8 Å². The first-order valence-corrected chi connectivity index (χ1v) is 8.51. The van der Waals surface area contributed by atoms with Gasteiger partial charge in [-0.2, -0.15) is 0 Å². The third-order valence-corrected chi connectivity index (χ3v) is 4.00. The summed E-state index contributed by atoms with van der Waals surface area (Å²) in [5, 5.41) is 0. The number of carbonyl (C=O) groups is 2. The largest absolute Gasteiger partial charge is 0.465 e. The Morgan fingerprint density at radius 1 is 1.12 bits per heavy atom. The summed E-state index contributed by atoms with van der Waals surface area (Å²) in [5.41, 5.74) is 2.08. The molecule has 0 saturated carbocycles. The maximum absolute atomic E-state index is 11.8. The van der Waals surface area contributed by atoms with E-state index >= 15 is 0 Å². The van der Waals surface area contributed by atoms with Crippen molar-refractivity contribution in [2.75, 3.05) is 13.4 Å². The summed E-state index contributed by atoms with van der Waals surface area (Å²) < 4.78 is 9.84. The van der Waals surface area contributed by atoms with Gasteiger partial charge in [-0.3, -0.25) is 0 Å². The Morgan fingerprint density at radius 3 is 2.54 bits per heavy atom. The minimum absolute atomic E-state index is 0.0966. The highest BCUT2D eigenvalue weighted by molar-refractivity contribution is 7.98. The fourth-order valence-corrected chi connectivity index (χ4v) is 2.40. The van der Waals surface area contributed by atoms with Crippen LogP contribution in [0.25, 0.3) is 6.08 Å². The second-order valence-corrected chi connectivity index (χ2v) is 5.79. The van der Waals surface area contributed by atoms with E-state index in [4.69, 9.17) is 4.74 Å². The smallest absolute Gasteiger partial charge is 0.337 e. The van der Waals surface area contributed by atoms with Crippen LogP contribution in [-0.2, 0) is 20.9 Å². The topological polar surface area (TPSA) is 52.6 Å². The zero-order valence-electron chi connectivity index (χ0n) is 13.5.